The second kappa shape index (κ2) is 8.77. The van der Waals surface area contributed by atoms with Crippen LogP contribution >= 0.6 is 23.2 Å². The summed E-state index contributed by atoms with van der Waals surface area (Å²) in [6.07, 6.45) is 0. The largest absolute Gasteiger partial charge is 0.482 e. The van der Waals surface area contributed by atoms with Gasteiger partial charge >= 0.3 is 11.6 Å². The smallest absolute Gasteiger partial charge is 0.344 e. The zero-order chi connectivity index (χ0) is 20.1. The van der Waals surface area contributed by atoms with E-state index in [1.54, 1.807) is 24.3 Å². The van der Waals surface area contributed by atoms with Crippen LogP contribution in [0.15, 0.2) is 57.7 Å². The average molecular weight is 422 g/mol. The van der Waals surface area contributed by atoms with Crippen molar-refractivity contribution in [3.8, 4) is 5.75 Å². The summed E-state index contributed by atoms with van der Waals surface area (Å²) in [5.74, 6) is -1.01. The molecule has 0 unspecified atom stereocenters. The lowest BCUT2D eigenvalue weighted by Crippen LogP contribution is -2.23. The number of amides is 1. The molecule has 1 amide bonds. The summed E-state index contributed by atoms with van der Waals surface area (Å²) in [5.41, 5.74) is 0.148. The number of carbonyl (C=O) groups excluding carboxylic acids is 2. The van der Waals surface area contributed by atoms with Crippen molar-refractivity contribution in [3.63, 3.8) is 0 Å². The van der Waals surface area contributed by atoms with E-state index in [0.29, 0.717) is 32.5 Å². The highest BCUT2D eigenvalue weighted by Gasteiger charge is 2.11. The first kappa shape index (κ1) is 19.7. The van der Waals surface area contributed by atoms with Crippen molar-refractivity contribution >= 4 is 51.7 Å². The summed E-state index contributed by atoms with van der Waals surface area (Å²) < 4.78 is 15.2. The van der Waals surface area contributed by atoms with Crippen LogP contribution < -0.4 is 15.7 Å². The highest BCUT2D eigenvalue weighted by atomic mass is 35.5. The summed E-state index contributed by atoms with van der Waals surface area (Å²) >= 11 is 11.8. The molecule has 3 rings (SSSR count). The SMILES string of the molecule is O=C(COC(=O)COc1ccc2ccc(=O)oc2c1)Nc1cc(Cl)ccc1Cl. The first-order chi connectivity index (χ1) is 13.4. The summed E-state index contributed by atoms with van der Waals surface area (Å²) in [4.78, 5) is 34.9. The molecule has 1 aromatic heterocycles. The molecule has 0 aliphatic heterocycles. The van der Waals surface area contributed by atoms with Gasteiger partial charge in [-0.3, -0.25) is 4.79 Å². The molecule has 0 saturated heterocycles. The van der Waals surface area contributed by atoms with Crippen LogP contribution in [0, 0.1) is 0 Å². The van der Waals surface area contributed by atoms with Crippen LogP contribution in [0.4, 0.5) is 5.69 Å². The van der Waals surface area contributed by atoms with Gasteiger partial charge in [-0.05, 0) is 36.4 Å². The Kier molecular flexibility index (Phi) is 6.18. The molecule has 7 nitrogen and oxygen atoms in total. The van der Waals surface area contributed by atoms with Crippen molar-refractivity contribution in [2.24, 2.45) is 0 Å². The number of benzene rings is 2. The number of anilines is 1. The molecule has 3 aromatic rings. The molecule has 1 heterocycles. The fraction of sp³-hybridized carbons (Fsp3) is 0.105. The van der Waals surface area contributed by atoms with Gasteiger partial charge in [0.05, 0.1) is 10.7 Å². The molecule has 28 heavy (non-hydrogen) atoms. The molecule has 0 atom stereocenters. The van der Waals surface area contributed by atoms with E-state index in [4.69, 9.17) is 37.1 Å². The molecule has 9 heteroatoms. The predicted octanol–water partition coefficient (Wildman–Crippen LogP) is 3.66. The van der Waals surface area contributed by atoms with Gasteiger partial charge in [-0.2, -0.15) is 0 Å². The van der Waals surface area contributed by atoms with Crippen molar-refractivity contribution in [1.29, 1.82) is 0 Å². The van der Waals surface area contributed by atoms with Crippen LogP contribution in [0.1, 0.15) is 0 Å². The third-order valence-corrected chi connectivity index (χ3v) is 4.08. The normalized spacial score (nSPS) is 10.5. The second-order valence-corrected chi connectivity index (χ2v) is 6.42. The van der Waals surface area contributed by atoms with Gasteiger partial charge in [0, 0.05) is 22.5 Å². The second-order valence-electron chi connectivity index (χ2n) is 5.58. The van der Waals surface area contributed by atoms with Crippen LogP contribution in [-0.4, -0.2) is 25.1 Å². The number of rotatable bonds is 6. The van der Waals surface area contributed by atoms with Gasteiger partial charge in [-0.15, -0.1) is 0 Å². The maximum atomic E-state index is 11.9. The maximum absolute atomic E-state index is 11.9. The van der Waals surface area contributed by atoms with E-state index in [2.05, 4.69) is 5.32 Å². The number of fused-ring (bicyclic) bond motifs is 1. The van der Waals surface area contributed by atoms with E-state index in [1.807, 2.05) is 0 Å². The predicted molar refractivity (Wildman–Crippen MR) is 104 cm³/mol. The molecule has 0 aliphatic rings. The maximum Gasteiger partial charge on any atom is 0.344 e. The minimum Gasteiger partial charge on any atom is -0.482 e. The molecule has 2 aromatic carbocycles. The van der Waals surface area contributed by atoms with Gasteiger partial charge in [0.2, 0.25) is 0 Å². The number of esters is 1. The van der Waals surface area contributed by atoms with E-state index in [0.717, 1.165) is 0 Å². The number of hydrogen-bond acceptors (Lipinski definition) is 6. The van der Waals surface area contributed by atoms with E-state index in [-0.39, 0.29) is 0 Å². The van der Waals surface area contributed by atoms with Crippen LogP contribution in [0.2, 0.25) is 10.0 Å². The minimum absolute atomic E-state index is 0.301. The Morgan fingerprint density at radius 3 is 2.61 bits per heavy atom. The fourth-order valence-electron chi connectivity index (χ4n) is 2.24. The lowest BCUT2D eigenvalue weighted by Gasteiger charge is -2.09. The van der Waals surface area contributed by atoms with Gasteiger partial charge < -0.3 is 19.2 Å². The summed E-state index contributed by atoms with van der Waals surface area (Å²) in [7, 11) is 0. The average Bonchev–Trinajstić information content (AvgIpc) is 2.67. The Morgan fingerprint density at radius 1 is 1.00 bits per heavy atom. The fourth-order valence-corrected chi connectivity index (χ4v) is 2.58. The Morgan fingerprint density at radius 2 is 1.79 bits per heavy atom. The zero-order valence-electron chi connectivity index (χ0n) is 14.2. The van der Waals surface area contributed by atoms with E-state index >= 15 is 0 Å². The third-order valence-electron chi connectivity index (χ3n) is 3.52. The lowest BCUT2D eigenvalue weighted by atomic mass is 10.2. The van der Waals surface area contributed by atoms with Gasteiger partial charge in [-0.1, -0.05) is 23.2 Å². The molecule has 0 saturated carbocycles. The molecule has 0 bridgehead atoms. The topological polar surface area (TPSA) is 94.8 Å². The number of nitrogens with one attached hydrogen (secondary N) is 1. The zero-order valence-corrected chi connectivity index (χ0v) is 15.8. The molecule has 144 valence electrons. The van der Waals surface area contributed by atoms with Crippen molar-refractivity contribution < 1.29 is 23.5 Å². The summed E-state index contributed by atoms with van der Waals surface area (Å²) in [5, 5.41) is 3.90. The first-order valence-corrected chi connectivity index (χ1v) is 8.73. The molecule has 0 fully saturated rings. The Balaban J connectivity index is 1.49. The Bertz CT molecular complexity index is 1100. The van der Waals surface area contributed by atoms with Gasteiger partial charge in [0.1, 0.15) is 11.3 Å². The molecule has 0 radical (unpaired) electrons. The van der Waals surface area contributed by atoms with Crippen molar-refractivity contribution in [2.45, 2.75) is 0 Å². The number of hydrogen-bond donors (Lipinski definition) is 1. The molecular weight excluding hydrogens is 409 g/mol. The summed E-state index contributed by atoms with van der Waals surface area (Å²) in [6, 6.07) is 12.3. The number of carbonyl (C=O) groups is 2. The number of halogens is 2. The minimum atomic E-state index is -0.748. The Hall–Kier alpha value is -3.03. The third kappa shape index (κ3) is 5.25. The number of ether oxygens (including phenoxy) is 2. The standard InChI is InChI=1S/C19H13Cl2NO6/c20-12-3-5-14(21)15(7-12)22-17(23)9-27-19(25)10-26-13-4-1-11-2-6-18(24)28-16(11)8-13/h1-8H,9-10H2,(H,22,23). The quantitative estimate of drug-likeness (QED) is 0.481. The Labute approximate surface area is 168 Å². The van der Waals surface area contributed by atoms with Crippen LogP contribution in [0.25, 0.3) is 11.0 Å². The van der Waals surface area contributed by atoms with Crippen molar-refractivity contribution in [3.05, 3.63) is 69.0 Å². The van der Waals surface area contributed by atoms with Crippen LogP contribution in [0.3, 0.4) is 0 Å². The molecule has 0 aliphatic carbocycles. The molecular formula is C19H13Cl2NO6. The van der Waals surface area contributed by atoms with Gasteiger partial charge in [0.15, 0.2) is 13.2 Å². The van der Waals surface area contributed by atoms with Crippen LogP contribution in [-0.2, 0) is 14.3 Å². The monoisotopic (exact) mass is 421 g/mol. The highest BCUT2D eigenvalue weighted by Crippen LogP contribution is 2.25. The van der Waals surface area contributed by atoms with Crippen LogP contribution in [0.5, 0.6) is 5.75 Å². The van der Waals surface area contributed by atoms with Gasteiger partial charge in [0.25, 0.3) is 5.91 Å². The summed E-state index contributed by atoms with van der Waals surface area (Å²) in [6.45, 7) is -0.939. The highest BCUT2D eigenvalue weighted by molar-refractivity contribution is 6.35. The van der Waals surface area contributed by atoms with E-state index < -0.39 is 30.7 Å². The first-order valence-electron chi connectivity index (χ1n) is 7.98. The van der Waals surface area contributed by atoms with Crippen molar-refractivity contribution in [1.82, 2.24) is 0 Å². The van der Waals surface area contributed by atoms with Gasteiger partial charge in [-0.25, -0.2) is 9.59 Å². The van der Waals surface area contributed by atoms with Crippen molar-refractivity contribution in [2.75, 3.05) is 18.5 Å². The van der Waals surface area contributed by atoms with E-state index in [9.17, 15) is 14.4 Å². The molecule has 1 N–H and O–H groups in total. The molecule has 0 spiro atoms. The van der Waals surface area contributed by atoms with E-state index in [1.165, 1.54) is 24.3 Å². The lowest BCUT2D eigenvalue weighted by molar-refractivity contribution is -0.149.